The number of nitrogens with zero attached hydrogens (tertiary/aromatic N) is 1. The fourth-order valence-electron chi connectivity index (χ4n) is 2.03. The number of rotatable bonds is 4. The molecule has 0 atom stereocenters. The van der Waals surface area contributed by atoms with E-state index in [1.165, 1.54) is 16.5 Å². The van der Waals surface area contributed by atoms with Crippen LogP contribution in [0, 0.1) is 6.92 Å². The Hall–Kier alpha value is -2.15. The van der Waals surface area contributed by atoms with E-state index in [9.17, 15) is 0 Å². The highest BCUT2D eigenvalue weighted by Crippen LogP contribution is 2.16. The molecule has 0 amide bonds. The molecule has 1 heterocycles. The fourth-order valence-corrected chi connectivity index (χ4v) is 2.03. The zero-order valence-corrected chi connectivity index (χ0v) is 11.6. The van der Waals surface area contributed by atoms with Crippen molar-refractivity contribution in [2.45, 2.75) is 20.3 Å². The molecular weight excluding hydrogens is 230 g/mol. The van der Waals surface area contributed by atoms with Gasteiger partial charge in [0.1, 0.15) is 0 Å². The summed E-state index contributed by atoms with van der Waals surface area (Å²) in [6.07, 6.45) is 8.70. The van der Waals surface area contributed by atoms with Crippen molar-refractivity contribution in [2.24, 2.45) is 0 Å². The van der Waals surface area contributed by atoms with Crippen LogP contribution in [0.15, 0.2) is 66.8 Å². The fraction of sp³-hybridized carbons (Fsp3) is 0.167. The van der Waals surface area contributed by atoms with Crippen molar-refractivity contribution in [1.29, 1.82) is 0 Å². The maximum absolute atomic E-state index is 4.70. The SMILES string of the molecule is C=C/C=C\C=C(\C)Cc1ccc2cc(C)ccc2n1. The summed E-state index contributed by atoms with van der Waals surface area (Å²) < 4.78 is 0. The third-order valence-electron chi connectivity index (χ3n) is 2.99. The number of allylic oxidation sites excluding steroid dienone is 5. The predicted molar refractivity (Wildman–Crippen MR) is 83.3 cm³/mol. The molecule has 1 aromatic carbocycles. The van der Waals surface area contributed by atoms with E-state index >= 15 is 0 Å². The van der Waals surface area contributed by atoms with Crippen molar-refractivity contribution in [3.05, 3.63) is 78.0 Å². The summed E-state index contributed by atoms with van der Waals surface area (Å²) >= 11 is 0. The van der Waals surface area contributed by atoms with E-state index < -0.39 is 0 Å². The van der Waals surface area contributed by atoms with Gasteiger partial charge in [0.15, 0.2) is 0 Å². The summed E-state index contributed by atoms with van der Waals surface area (Å²) in [6, 6.07) is 10.6. The maximum Gasteiger partial charge on any atom is 0.0705 e. The first-order valence-corrected chi connectivity index (χ1v) is 6.50. The van der Waals surface area contributed by atoms with Gasteiger partial charge in [-0.3, -0.25) is 4.98 Å². The number of fused-ring (bicyclic) bond motifs is 1. The molecule has 19 heavy (non-hydrogen) atoms. The second kappa shape index (κ2) is 6.14. The van der Waals surface area contributed by atoms with Gasteiger partial charge in [0.05, 0.1) is 5.52 Å². The Bertz CT molecular complexity index is 648. The molecule has 0 spiro atoms. The molecule has 0 N–H and O–H groups in total. The largest absolute Gasteiger partial charge is 0.253 e. The van der Waals surface area contributed by atoms with Gasteiger partial charge in [0.25, 0.3) is 0 Å². The summed E-state index contributed by atoms with van der Waals surface area (Å²) in [5.74, 6) is 0. The first kappa shape index (κ1) is 13.3. The second-order valence-electron chi connectivity index (χ2n) is 4.81. The molecule has 0 fully saturated rings. The van der Waals surface area contributed by atoms with Crippen molar-refractivity contribution in [1.82, 2.24) is 4.98 Å². The molecule has 0 saturated heterocycles. The highest BCUT2D eigenvalue weighted by Gasteiger charge is 1.99. The zero-order chi connectivity index (χ0) is 13.7. The maximum atomic E-state index is 4.70. The first-order valence-electron chi connectivity index (χ1n) is 6.50. The van der Waals surface area contributed by atoms with E-state index in [2.05, 4.69) is 56.8 Å². The van der Waals surface area contributed by atoms with Gasteiger partial charge in [-0.05, 0) is 32.0 Å². The number of aryl methyl sites for hydroxylation is 1. The van der Waals surface area contributed by atoms with Crippen LogP contribution in [-0.2, 0) is 6.42 Å². The van der Waals surface area contributed by atoms with E-state index in [0.29, 0.717) is 0 Å². The van der Waals surface area contributed by atoms with Gasteiger partial charge in [0, 0.05) is 17.5 Å². The number of aromatic nitrogens is 1. The highest BCUT2D eigenvalue weighted by molar-refractivity contribution is 5.79. The third-order valence-corrected chi connectivity index (χ3v) is 2.99. The zero-order valence-electron chi connectivity index (χ0n) is 11.6. The van der Waals surface area contributed by atoms with Gasteiger partial charge in [-0.1, -0.05) is 54.2 Å². The van der Waals surface area contributed by atoms with E-state index in [-0.39, 0.29) is 0 Å². The summed E-state index contributed by atoms with van der Waals surface area (Å²) in [4.78, 5) is 4.70. The lowest BCUT2D eigenvalue weighted by Crippen LogP contribution is -1.92. The second-order valence-corrected chi connectivity index (χ2v) is 4.81. The molecule has 1 nitrogen and oxygen atoms in total. The van der Waals surface area contributed by atoms with Crippen LogP contribution >= 0.6 is 0 Å². The number of hydrogen-bond acceptors (Lipinski definition) is 1. The van der Waals surface area contributed by atoms with Crippen molar-refractivity contribution < 1.29 is 0 Å². The van der Waals surface area contributed by atoms with E-state index in [1.54, 1.807) is 6.08 Å². The van der Waals surface area contributed by atoms with E-state index in [4.69, 9.17) is 4.98 Å². The average molecular weight is 249 g/mol. The van der Waals surface area contributed by atoms with Crippen molar-refractivity contribution in [3.63, 3.8) is 0 Å². The monoisotopic (exact) mass is 249 g/mol. The lowest BCUT2D eigenvalue weighted by atomic mass is 10.1. The Morgan fingerprint density at radius 1 is 1.21 bits per heavy atom. The Balaban J connectivity index is 2.22. The molecular formula is C18H19N. The van der Waals surface area contributed by atoms with Gasteiger partial charge in [-0.25, -0.2) is 0 Å². The Labute approximate surface area is 115 Å². The normalized spacial score (nSPS) is 12.2. The summed E-state index contributed by atoms with van der Waals surface area (Å²) in [5.41, 5.74) is 4.74. The third kappa shape index (κ3) is 3.65. The molecule has 0 aliphatic carbocycles. The Morgan fingerprint density at radius 2 is 2.05 bits per heavy atom. The van der Waals surface area contributed by atoms with Crippen LogP contribution in [0.3, 0.4) is 0 Å². The van der Waals surface area contributed by atoms with Crippen LogP contribution in [0.1, 0.15) is 18.2 Å². The van der Waals surface area contributed by atoms with Crippen LogP contribution in [-0.4, -0.2) is 4.98 Å². The number of hydrogen-bond donors (Lipinski definition) is 0. The van der Waals surface area contributed by atoms with E-state index in [1.807, 2.05) is 12.2 Å². The minimum Gasteiger partial charge on any atom is -0.253 e. The van der Waals surface area contributed by atoms with Crippen LogP contribution in [0.5, 0.6) is 0 Å². The molecule has 0 bridgehead atoms. The first-order chi connectivity index (χ1) is 9.19. The highest BCUT2D eigenvalue weighted by atomic mass is 14.7. The van der Waals surface area contributed by atoms with Gasteiger partial charge < -0.3 is 0 Å². The van der Waals surface area contributed by atoms with Crippen LogP contribution in [0.2, 0.25) is 0 Å². The smallest absolute Gasteiger partial charge is 0.0705 e. The standard InChI is InChI=1S/C18H19N/c1-4-5-6-7-14(2)13-17-10-9-16-12-15(3)8-11-18(16)19-17/h4-12H,1,13H2,2-3H3/b6-5-,14-7-. The molecule has 0 radical (unpaired) electrons. The minimum atomic E-state index is 0.880. The van der Waals surface area contributed by atoms with Crippen molar-refractivity contribution in [3.8, 4) is 0 Å². The lowest BCUT2D eigenvalue weighted by molar-refractivity contribution is 1.07. The predicted octanol–water partition coefficient (Wildman–Crippen LogP) is 4.77. The molecule has 2 aromatic rings. The summed E-state index contributed by atoms with van der Waals surface area (Å²) in [6.45, 7) is 7.88. The van der Waals surface area contributed by atoms with Crippen LogP contribution < -0.4 is 0 Å². The van der Waals surface area contributed by atoms with Gasteiger partial charge in [-0.2, -0.15) is 0 Å². The minimum absolute atomic E-state index is 0.880. The quantitative estimate of drug-likeness (QED) is 0.711. The topological polar surface area (TPSA) is 12.9 Å². The lowest BCUT2D eigenvalue weighted by Gasteiger charge is -2.04. The summed E-state index contributed by atoms with van der Waals surface area (Å²) in [7, 11) is 0. The van der Waals surface area contributed by atoms with Gasteiger partial charge in [-0.15, -0.1) is 0 Å². The van der Waals surface area contributed by atoms with Gasteiger partial charge >= 0.3 is 0 Å². The molecule has 0 unspecified atom stereocenters. The van der Waals surface area contributed by atoms with E-state index in [0.717, 1.165) is 17.6 Å². The Kier molecular flexibility index (Phi) is 4.30. The molecule has 0 aliphatic rings. The molecule has 1 aromatic heterocycles. The molecule has 2 rings (SSSR count). The Morgan fingerprint density at radius 3 is 2.84 bits per heavy atom. The molecule has 0 saturated carbocycles. The molecule has 96 valence electrons. The summed E-state index contributed by atoms with van der Waals surface area (Å²) in [5, 5.41) is 1.21. The number of benzene rings is 1. The number of pyridine rings is 1. The average Bonchev–Trinajstić information content (AvgIpc) is 2.39. The van der Waals surface area contributed by atoms with Crippen LogP contribution in [0.25, 0.3) is 10.9 Å². The van der Waals surface area contributed by atoms with Gasteiger partial charge in [0.2, 0.25) is 0 Å². The van der Waals surface area contributed by atoms with Crippen molar-refractivity contribution in [2.75, 3.05) is 0 Å². The molecule has 1 heteroatoms. The molecule has 0 aliphatic heterocycles. The van der Waals surface area contributed by atoms with Crippen LogP contribution in [0.4, 0.5) is 0 Å². The van der Waals surface area contributed by atoms with Crippen molar-refractivity contribution >= 4 is 10.9 Å².